The molecule has 0 unspecified atom stereocenters. The highest BCUT2D eigenvalue weighted by Crippen LogP contribution is 2.24. The van der Waals surface area contributed by atoms with Crippen LogP contribution in [-0.4, -0.2) is 35.1 Å². The zero-order valence-corrected chi connectivity index (χ0v) is 13.6. The van der Waals surface area contributed by atoms with E-state index < -0.39 is 0 Å². The van der Waals surface area contributed by atoms with E-state index >= 15 is 0 Å². The minimum Gasteiger partial charge on any atom is -0.330 e. The first-order valence-electron chi connectivity index (χ1n) is 6.73. The maximum atomic E-state index is 13.6. The van der Waals surface area contributed by atoms with Crippen molar-refractivity contribution in [1.82, 2.24) is 14.5 Å². The molecular weight excluding hydrogens is 273 g/mol. The molecular formula is C15H22FN3S. The molecule has 0 fully saturated rings. The average molecular weight is 295 g/mol. The first-order valence-corrected chi connectivity index (χ1v) is 7.14. The summed E-state index contributed by atoms with van der Waals surface area (Å²) in [5, 5.41) is 0. The Morgan fingerprint density at radius 1 is 1.35 bits per heavy atom. The third-order valence-corrected chi connectivity index (χ3v) is 3.71. The molecule has 0 atom stereocenters. The van der Waals surface area contributed by atoms with Gasteiger partial charge in [0.1, 0.15) is 5.82 Å². The van der Waals surface area contributed by atoms with Gasteiger partial charge in [-0.2, -0.15) is 0 Å². The highest BCUT2D eigenvalue weighted by Gasteiger charge is 2.21. The number of fused-ring (bicyclic) bond motifs is 1. The molecule has 0 aliphatic rings. The summed E-state index contributed by atoms with van der Waals surface area (Å²) in [5.41, 5.74) is 2.46. The molecule has 0 amide bonds. The van der Waals surface area contributed by atoms with Crippen LogP contribution in [0.4, 0.5) is 4.39 Å². The monoisotopic (exact) mass is 295 g/mol. The molecule has 1 heterocycles. The Morgan fingerprint density at radius 3 is 2.60 bits per heavy atom. The van der Waals surface area contributed by atoms with Crippen LogP contribution in [0.15, 0.2) is 12.1 Å². The lowest BCUT2D eigenvalue weighted by Crippen LogP contribution is -2.32. The molecule has 0 saturated carbocycles. The first-order chi connectivity index (χ1) is 9.19. The van der Waals surface area contributed by atoms with Crippen LogP contribution in [0.2, 0.25) is 0 Å². The number of nitrogens with one attached hydrogen (secondary N) is 1. The van der Waals surface area contributed by atoms with Crippen LogP contribution in [0.3, 0.4) is 0 Å². The van der Waals surface area contributed by atoms with Gasteiger partial charge in [-0.1, -0.05) is 13.8 Å². The Labute approximate surface area is 124 Å². The van der Waals surface area contributed by atoms with Crippen molar-refractivity contribution < 1.29 is 4.39 Å². The predicted molar refractivity (Wildman–Crippen MR) is 84.2 cm³/mol. The number of rotatable bonds is 4. The van der Waals surface area contributed by atoms with E-state index in [1.165, 1.54) is 6.07 Å². The number of aromatic nitrogens is 2. The Kier molecular flexibility index (Phi) is 4.02. The Bertz CT molecular complexity index is 682. The van der Waals surface area contributed by atoms with Crippen molar-refractivity contribution in [3.63, 3.8) is 0 Å². The number of aromatic amines is 1. The normalized spacial score (nSPS) is 12.6. The second-order valence-electron chi connectivity index (χ2n) is 6.54. The SMILES string of the molecule is Cc1cc2c(cc1F)[nH]c(=S)n2CC(C)(C)CN(C)C. The van der Waals surface area contributed by atoms with Gasteiger partial charge in [0.2, 0.25) is 0 Å². The summed E-state index contributed by atoms with van der Waals surface area (Å²) in [6, 6.07) is 3.39. The third-order valence-electron chi connectivity index (χ3n) is 3.38. The summed E-state index contributed by atoms with van der Waals surface area (Å²) in [6.07, 6.45) is 0. The second-order valence-corrected chi connectivity index (χ2v) is 6.92. The van der Waals surface area contributed by atoms with Gasteiger partial charge in [-0.05, 0) is 56.3 Å². The van der Waals surface area contributed by atoms with Gasteiger partial charge in [-0.3, -0.25) is 0 Å². The van der Waals surface area contributed by atoms with Crippen molar-refractivity contribution in [3.8, 4) is 0 Å². The maximum absolute atomic E-state index is 13.6. The van der Waals surface area contributed by atoms with E-state index in [0.717, 1.165) is 24.1 Å². The van der Waals surface area contributed by atoms with Crippen LogP contribution in [0.1, 0.15) is 19.4 Å². The molecule has 1 aromatic carbocycles. The van der Waals surface area contributed by atoms with Crippen molar-refractivity contribution >= 4 is 23.3 Å². The van der Waals surface area contributed by atoms with Gasteiger partial charge in [-0.25, -0.2) is 4.39 Å². The van der Waals surface area contributed by atoms with E-state index in [9.17, 15) is 4.39 Å². The lowest BCUT2D eigenvalue weighted by molar-refractivity contribution is 0.212. The molecule has 2 aromatic rings. The number of hydrogen-bond acceptors (Lipinski definition) is 2. The molecule has 0 spiro atoms. The van der Waals surface area contributed by atoms with Crippen LogP contribution in [-0.2, 0) is 6.54 Å². The largest absolute Gasteiger partial charge is 0.330 e. The van der Waals surface area contributed by atoms with E-state index in [2.05, 4.69) is 42.4 Å². The maximum Gasteiger partial charge on any atom is 0.178 e. The van der Waals surface area contributed by atoms with Crippen LogP contribution in [0.25, 0.3) is 11.0 Å². The Hall–Kier alpha value is -1.20. The fourth-order valence-corrected chi connectivity index (χ4v) is 3.05. The lowest BCUT2D eigenvalue weighted by Gasteiger charge is -2.28. The van der Waals surface area contributed by atoms with E-state index in [1.54, 1.807) is 6.92 Å². The highest BCUT2D eigenvalue weighted by atomic mass is 32.1. The van der Waals surface area contributed by atoms with Crippen LogP contribution >= 0.6 is 12.2 Å². The fourth-order valence-electron chi connectivity index (χ4n) is 2.77. The number of halogens is 1. The van der Waals surface area contributed by atoms with Gasteiger partial charge in [0.15, 0.2) is 4.77 Å². The highest BCUT2D eigenvalue weighted by molar-refractivity contribution is 7.71. The molecule has 1 aromatic heterocycles. The molecule has 0 saturated heterocycles. The Balaban J connectivity index is 2.47. The minimum atomic E-state index is -0.201. The van der Waals surface area contributed by atoms with Crippen molar-refractivity contribution in [3.05, 3.63) is 28.3 Å². The summed E-state index contributed by atoms with van der Waals surface area (Å²) in [6.45, 7) is 7.96. The van der Waals surface area contributed by atoms with Gasteiger partial charge < -0.3 is 14.5 Å². The molecule has 0 aliphatic carbocycles. The molecule has 0 radical (unpaired) electrons. The standard InChI is InChI=1S/C15H22FN3S/c1-10-6-13-12(7-11(10)16)17-14(20)19(13)9-15(2,3)8-18(4)5/h6-7H,8-9H2,1-5H3,(H,17,20). The number of H-pyrrole nitrogens is 1. The average Bonchev–Trinajstić information content (AvgIpc) is 2.54. The summed E-state index contributed by atoms with van der Waals surface area (Å²) < 4.78 is 16.3. The lowest BCUT2D eigenvalue weighted by atomic mass is 9.93. The summed E-state index contributed by atoms with van der Waals surface area (Å²) in [5.74, 6) is -0.201. The van der Waals surface area contributed by atoms with Gasteiger partial charge in [0, 0.05) is 13.1 Å². The van der Waals surface area contributed by atoms with Crippen LogP contribution in [0, 0.1) is 22.9 Å². The van der Waals surface area contributed by atoms with E-state index in [1.807, 2.05) is 6.07 Å². The molecule has 5 heteroatoms. The summed E-state index contributed by atoms with van der Waals surface area (Å²) in [4.78, 5) is 5.27. The van der Waals surface area contributed by atoms with E-state index in [0.29, 0.717) is 10.3 Å². The van der Waals surface area contributed by atoms with Gasteiger partial charge >= 0.3 is 0 Å². The second kappa shape index (κ2) is 5.30. The number of nitrogens with zero attached hydrogens (tertiary/aromatic N) is 2. The first kappa shape index (κ1) is 15.2. The van der Waals surface area contributed by atoms with Crippen molar-refractivity contribution in [1.29, 1.82) is 0 Å². The van der Waals surface area contributed by atoms with Crippen molar-refractivity contribution in [2.75, 3.05) is 20.6 Å². The minimum absolute atomic E-state index is 0.0825. The molecule has 20 heavy (non-hydrogen) atoms. The molecule has 0 bridgehead atoms. The van der Waals surface area contributed by atoms with Crippen LogP contribution in [0.5, 0.6) is 0 Å². The summed E-state index contributed by atoms with van der Waals surface area (Å²) >= 11 is 5.39. The number of aryl methyl sites for hydroxylation is 1. The zero-order valence-electron chi connectivity index (χ0n) is 12.7. The molecule has 0 aliphatic heterocycles. The van der Waals surface area contributed by atoms with Crippen LogP contribution < -0.4 is 0 Å². The Morgan fingerprint density at radius 2 is 2.00 bits per heavy atom. The van der Waals surface area contributed by atoms with Gasteiger partial charge in [-0.15, -0.1) is 0 Å². The summed E-state index contributed by atoms with van der Waals surface area (Å²) in [7, 11) is 4.13. The third kappa shape index (κ3) is 3.10. The number of imidazole rings is 1. The predicted octanol–water partition coefficient (Wildman–Crippen LogP) is 3.73. The van der Waals surface area contributed by atoms with Gasteiger partial charge in [0.05, 0.1) is 11.0 Å². The zero-order chi connectivity index (χ0) is 15.1. The number of benzene rings is 1. The molecule has 3 nitrogen and oxygen atoms in total. The topological polar surface area (TPSA) is 24.0 Å². The smallest absolute Gasteiger partial charge is 0.178 e. The molecule has 1 N–H and O–H groups in total. The fraction of sp³-hybridized carbons (Fsp3) is 0.533. The molecule has 2 rings (SSSR count). The molecule has 110 valence electrons. The number of hydrogen-bond donors (Lipinski definition) is 1. The quantitative estimate of drug-likeness (QED) is 0.869. The van der Waals surface area contributed by atoms with E-state index in [-0.39, 0.29) is 11.2 Å². The van der Waals surface area contributed by atoms with Gasteiger partial charge in [0.25, 0.3) is 0 Å². The van der Waals surface area contributed by atoms with E-state index in [4.69, 9.17) is 12.2 Å². The van der Waals surface area contributed by atoms with Crippen molar-refractivity contribution in [2.24, 2.45) is 5.41 Å². The van der Waals surface area contributed by atoms with Crippen molar-refractivity contribution in [2.45, 2.75) is 27.3 Å².